The van der Waals surface area contributed by atoms with Gasteiger partial charge in [-0.1, -0.05) is 38.1 Å². The average Bonchev–Trinajstić information content (AvgIpc) is 2.71. The smallest absolute Gasteiger partial charge is 0.191 e. The van der Waals surface area contributed by atoms with Crippen LogP contribution in [0, 0.1) is 5.92 Å². The number of benzene rings is 1. The third kappa shape index (κ3) is 11.5. The Balaban J connectivity index is 0.00000450. The Morgan fingerprint density at radius 1 is 1.07 bits per heavy atom. The molecule has 0 unspecified atom stereocenters. The second-order valence-corrected chi connectivity index (χ2v) is 8.34. The van der Waals surface area contributed by atoms with Crippen LogP contribution in [-0.4, -0.2) is 75.3 Å². The lowest BCUT2D eigenvalue weighted by Crippen LogP contribution is -2.43. The summed E-state index contributed by atoms with van der Waals surface area (Å²) >= 11 is 0. The number of hydrogen-bond acceptors (Lipinski definition) is 4. The van der Waals surface area contributed by atoms with E-state index in [1.54, 1.807) is 0 Å². The van der Waals surface area contributed by atoms with Crippen LogP contribution in [0.15, 0.2) is 29.3 Å². The molecule has 1 aromatic rings. The normalized spacial score (nSPS) is 15.8. The molecule has 1 saturated heterocycles. The lowest BCUT2D eigenvalue weighted by molar-refractivity contribution is 0.108. The zero-order chi connectivity index (χ0) is 20.9. The van der Waals surface area contributed by atoms with Crippen LogP contribution in [0.2, 0.25) is 0 Å². The summed E-state index contributed by atoms with van der Waals surface area (Å²) < 4.78 is 5.63. The molecule has 0 aromatic heterocycles. The number of nitrogens with one attached hydrogen (secondary N) is 2. The van der Waals surface area contributed by atoms with Crippen LogP contribution < -0.4 is 10.6 Å². The van der Waals surface area contributed by atoms with E-state index in [1.807, 2.05) is 0 Å². The van der Waals surface area contributed by atoms with Gasteiger partial charge >= 0.3 is 0 Å². The van der Waals surface area contributed by atoms with Crippen molar-refractivity contribution in [1.29, 1.82) is 0 Å². The van der Waals surface area contributed by atoms with Crippen molar-refractivity contribution in [2.75, 3.05) is 59.5 Å². The Morgan fingerprint density at radius 2 is 1.73 bits per heavy atom. The van der Waals surface area contributed by atoms with Gasteiger partial charge in [-0.05, 0) is 37.4 Å². The van der Waals surface area contributed by atoms with Gasteiger partial charge in [0.25, 0.3) is 0 Å². The zero-order valence-electron chi connectivity index (χ0n) is 19.3. The van der Waals surface area contributed by atoms with Gasteiger partial charge in [0.15, 0.2) is 5.96 Å². The second kappa shape index (κ2) is 15.8. The number of aliphatic imine (C=N–C) groups is 1. The van der Waals surface area contributed by atoms with Crippen molar-refractivity contribution in [2.24, 2.45) is 10.9 Å². The maximum absolute atomic E-state index is 5.63. The predicted octanol–water partition coefficient (Wildman–Crippen LogP) is 3.17. The highest BCUT2D eigenvalue weighted by Gasteiger charge is 2.13. The summed E-state index contributed by atoms with van der Waals surface area (Å²) in [6, 6.07) is 8.90. The Labute approximate surface area is 200 Å². The molecule has 6 nitrogen and oxygen atoms in total. The SMILES string of the molecule is CCNC(=NCc1ccc(CN2CCN(C)CC2)cc1)NCCCOCC(C)C.I. The molecule has 1 aliphatic heterocycles. The first-order chi connectivity index (χ1) is 14.1. The molecule has 0 spiro atoms. The topological polar surface area (TPSA) is 52.1 Å². The number of halogens is 1. The largest absolute Gasteiger partial charge is 0.381 e. The van der Waals surface area contributed by atoms with Crippen LogP contribution in [-0.2, 0) is 17.8 Å². The van der Waals surface area contributed by atoms with Gasteiger partial charge in [0.05, 0.1) is 6.54 Å². The van der Waals surface area contributed by atoms with Gasteiger partial charge in [0.1, 0.15) is 0 Å². The highest BCUT2D eigenvalue weighted by molar-refractivity contribution is 14.0. The van der Waals surface area contributed by atoms with Gasteiger partial charge in [-0.2, -0.15) is 0 Å². The number of rotatable bonds is 11. The van der Waals surface area contributed by atoms with Gasteiger partial charge in [0, 0.05) is 59.0 Å². The fourth-order valence-electron chi connectivity index (χ4n) is 3.23. The number of likely N-dealkylation sites (N-methyl/N-ethyl adjacent to an activating group) is 1. The summed E-state index contributed by atoms with van der Waals surface area (Å²) in [5, 5.41) is 6.71. The maximum Gasteiger partial charge on any atom is 0.191 e. The fourth-order valence-corrected chi connectivity index (χ4v) is 3.23. The first-order valence-electron chi connectivity index (χ1n) is 11.2. The molecular formula is C23H42IN5O. The third-order valence-corrected chi connectivity index (χ3v) is 5.00. The standard InChI is InChI=1S/C23H41N5O.HI/c1-5-24-23(25-11-6-16-29-19-20(2)3)26-17-21-7-9-22(10-8-21)18-28-14-12-27(4)13-15-28;/h7-10,20H,5-6,11-19H2,1-4H3,(H2,24,25,26);1H. The first kappa shape index (κ1) is 27.1. The Hall–Kier alpha value is -0.900. The molecular weight excluding hydrogens is 489 g/mol. The van der Waals surface area contributed by atoms with Crippen LogP contribution in [0.1, 0.15) is 38.3 Å². The van der Waals surface area contributed by atoms with Crippen LogP contribution in [0.4, 0.5) is 0 Å². The molecule has 0 amide bonds. The monoisotopic (exact) mass is 531 g/mol. The Morgan fingerprint density at radius 3 is 2.37 bits per heavy atom. The lowest BCUT2D eigenvalue weighted by Gasteiger charge is -2.32. The van der Waals surface area contributed by atoms with E-state index in [1.165, 1.54) is 11.1 Å². The van der Waals surface area contributed by atoms with Crippen LogP contribution in [0.5, 0.6) is 0 Å². The quantitative estimate of drug-likeness (QED) is 0.199. The molecule has 7 heteroatoms. The number of nitrogens with zero attached hydrogens (tertiary/aromatic N) is 3. The van der Waals surface area contributed by atoms with E-state index in [2.05, 4.69) is 72.5 Å². The molecule has 1 aromatic carbocycles. The van der Waals surface area contributed by atoms with E-state index in [4.69, 9.17) is 9.73 Å². The van der Waals surface area contributed by atoms with Gasteiger partial charge in [-0.25, -0.2) is 4.99 Å². The van der Waals surface area contributed by atoms with Crippen molar-refractivity contribution < 1.29 is 4.74 Å². The first-order valence-corrected chi connectivity index (χ1v) is 11.2. The summed E-state index contributed by atoms with van der Waals surface area (Å²) in [6.07, 6.45) is 0.984. The highest BCUT2D eigenvalue weighted by Crippen LogP contribution is 2.10. The van der Waals surface area contributed by atoms with E-state index in [0.29, 0.717) is 12.5 Å². The summed E-state index contributed by atoms with van der Waals surface area (Å²) in [4.78, 5) is 9.65. The fraction of sp³-hybridized carbons (Fsp3) is 0.696. The minimum atomic E-state index is 0. The van der Waals surface area contributed by atoms with Crippen molar-refractivity contribution in [1.82, 2.24) is 20.4 Å². The van der Waals surface area contributed by atoms with Gasteiger partial charge < -0.3 is 20.3 Å². The maximum atomic E-state index is 5.63. The van der Waals surface area contributed by atoms with Crippen molar-refractivity contribution in [3.8, 4) is 0 Å². The minimum Gasteiger partial charge on any atom is -0.381 e. The number of ether oxygens (including phenoxy) is 1. The number of hydrogen-bond donors (Lipinski definition) is 2. The molecule has 0 atom stereocenters. The van der Waals surface area contributed by atoms with Crippen LogP contribution in [0.3, 0.4) is 0 Å². The van der Waals surface area contributed by atoms with Crippen molar-refractivity contribution in [3.05, 3.63) is 35.4 Å². The molecule has 30 heavy (non-hydrogen) atoms. The van der Waals surface area contributed by atoms with Crippen molar-refractivity contribution in [3.63, 3.8) is 0 Å². The molecule has 0 bridgehead atoms. The Kier molecular flexibility index (Phi) is 14.3. The third-order valence-electron chi connectivity index (χ3n) is 5.00. The van der Waals surface area contributed by atoms with E-state index in [-0.39, 0.29) is 24.0 Å². The van der Waals surface area contributed by atoms with E-state index in [9.17, 15) is 0 Å². The molecule has 1 fully saturated rings. The minimum absolute atomic E-state index is 0. The molecule has 2 N–H and O–H groups in total. The summed E-state index contributed by atoms with van der Waals surface area (Å²) in [5.41, 5.74) is 2.62. The van der Waals surface area contributed by atoms with Crippen LogP contribution in [0.25, 0.3) is 0 Å². The van der Waals surface area contributed by atoms with Crippen molar-refractivity contribution >= 4 is 29.9 Å². The van der Waals surface area contributed by atoms with Crippen LogP contribution >= 0.6 is 24.0 Å². The number of guanidine groups is 1. The average molecular weight is 532 g/mol. The lowest BCUT2D eigenvalue weighted by atomic mass is 10.1. The molecule has 0 radical (unpaired) electrons. The van der Waals surface area contributed by atoms with Gasteiger partial charge in [0.2, 0.25) is 0 Å². The van der Waals surface area contributed by atoms with Gasteiger partial charge in [-0.15, -0.1) is 24.0 Å². The zero-order valence-corrected chi connectivity index (χ0v) is 21.7. The summed E-state index contributed by atoms with van der Waals surface area (Å²) in [6.45, 7) is 16.2. The molecule has 0 saturated carbocycles. The van der Waals surface area contributed by atoms with E-state index < -0.39 is 0 Å². The van der Waals surface area contributed by atoms with E-state index in [0.717, 1.165) is 71.4 Å². The van der Waals surface area contributed by atoms with Crippen molar-refractivity contribution in [2.45, 2.75) is 40.3 Å². The molecule has 0 aliphatic carbocycles. The molecule has 1 aliphatic rings. The summed E-state index contributed by atoms with van der Waals surface area (Å²) in [5.74, 6) is 1.47. The molecule has 2 rings (SSSR count). The summed E-state index contributed by atoms with van der Waals surface area (Å²) in [7, 11) is 2.20. The van der Waals surface area contributed by atoms with E-state index >= 15 is 0 Å². The second-order valence-electron chi connectivity index (χ2n) is 8.34. The molecule has 172 valence electrons. The van der Waals surface area contributed by atoms with Gasteiger partial charge in [-0.3, -0.25) is 4.90 Å². The Bertz CT molecular complexity index is 586. The highest BCUT2D eigenvalue weighted by atomic mass is 127. The number of piperazine rings is 1. The predicted molar refractivity (Wildman–Crippen MR) is 138 cm³/mol. The molecule has 1 heterocycles.